The van der Waals surface area contributed by atoms with E-state index in [0.29, 0.717) is 39.7 Å². The van der Waals surface area contributed by atoms with Gasteiger partial charge in [0.2, 0.25) is 0 Å². The van der Waals surface area contributed by atoms with Crippen LogP contribution in [0.4, 0.5) is 15.2 Å². The number of pyridine rings is 1. The quantitative estimate of drug-likeness (QED) is 0.438. The molecule has 6 nitrogen and oxygen atoms in total. The Morgan fingerprint density at radius 2 is 2.07 bits per heavy atom. The van der Waals surface area contributed by atoms with Gasteiger partial charge in [-0.2, -0.15) is 0 Å². The molecule has 0 aliphatic rings. The van der Waals surface area contributed by atoms with Gasteiger partial charge in [0.25, 0.3) is 5.91 Å². The smallest absolute Gasteiger partial charge is 0.251 e. The molecule has 30 heavy (non-hydrogen) atoms. The van der Waals surface area contributed by atoms with E-state index in [1.807, 2.05) is 13.0 Å². The summed E-state index contributed by atoms with van der Waals surface area (Å²) in [6.45, 7) is 3.53. The second-order valence-corrected chi connectivity index (χ2v) is 8.18. The van der Waals surface area contributed by atoms with E-state index in [-0.39, 0.29) is 12.2 Å². The fraction of sp³-hybridized carbons (Fsp3) is 0.273. The number of aromatic nitrogens is 1. The van der Waals surface area contributed by atoms with Crippen molar-refractivity contribution in [1.29, 1.82) is 0 Å². The van der Waals surface area contributed by atoms with Crippen LogP contribution in [0.1, 0.15) is 34.1 Å². The summed E-state index contributed by atoms with van der Waals surface area (Å²) < 4.78 is 14.7. The maximum atomic E-state index is 14.7. The van der Waals surface area contributed by atoms with Gasteiger partial charge >= 0.3 is 0 Å². The Bertz CT molecular complexity index is 1070. The van der Waals surface area contributed by atoms with Crippen LogP contribution < -0.4 is 11.1 Å². The summed E-state index contributed by atoms with van der Waals surface area (Å²) in [5.41, 5.74) is 8.53. The fourth-order valence-electron chi connectivity index (χ4n) is 3.19. The number of benzene rings is 1. The average molecular weight is 430 g/mol. The van der Waals surface area contributed by atoms with Crippen LogP contribution in [0.3, 0.4) is 0 Å². The molecule has 8 heteroatoms. The Hall–Kier alpha value is -2.81. The number of nitrogens with two attached hydrogens (primary N) is 1. The number of carbonyl (C=O) groups excluding carboxylic acids is 1. The lowest BCUT2D eigenvalue weighted by Gasteiger charge is -2.09. The molecule has 0 fully saturated rings. The number of rotatable bonds is 8. The molecule has 1 atom stereocenters. The van der Waals surface area contributed by atoms with E-state index < -0.39 is 17.8 Å². The number of carbonyl (C=O) groups is 1. The Morgan fingerprint density at radius 1 is 1.30 bits per heavy atom. The number of anilines is 2. The zero-order chi connectivity index (χ0) is 21.8. The van der Waals surface area contributed by atoms with Gasteiger partial charge in [-0.15, -0.1) is 11.3 Å². The zero-order valence-electron chi connectivity index (χ0n) is 16.8. The first-order valence-electron chi connectivity index (χ1n) is 9.53. The summed E-state index contributed by atoms with van der Waals surface area (Å²) in [6.07, 6.45) is 0.311. The average Bonchev–Trinajstić information content (AvgIpc) is 3.07. The van der Waals surface area contributed by atoms with Crippen molar-refractivity contribution in [3.05, 3.63) is 64.6 Å². The fourth-order valence-corrected chi connectivity index (χ4v) is 4.28. The molecule has 0 saturated heterocycles. The molecule has 158 valence electrons. The largest absolute Gasteiger partial charge is 0.396 e. The molecule has 1 aromatic carbocycles. The molecule has 0 bridgehead atoms. The molecule has 0 saturated carbocycles. The van der Waals surface area contributed by atoms with Crippen LogP contribution in [0.2, 0.25) is 0 Å². The van der Waals surface area contributed by atoms with Crippen molar-refractivity contribution >= 4 is 28.1 Å². The van der Waals surface area contributed by atoms with Gasteiger partial charge < -0.3 is 21.3 Å². The molecule has 0 aliphatic heterocycles. The lowest BCUT2D eigenvalue weighted by molar-refractivity contribution is 0.100. The number of hydrogen-bond acceptors (Lipinski definition) is 6. The van der Waals surface area contributed by atoms with Crippen LogP contribution in [-0.4, -0.2) is 33.8 Å². The molecular formula is C22H24FN3O3S. The van der Waals surface area contributed by atoms with Gasteiger partial charge in [0.05, 0.1) is 11.7 Å². The summed E-state index contributed by atoms with van der Waals surface area (Å²) in [4.78, 5) is 17.0. The number of primary amides is 1. The first-order valence-corrected chi connectivity index (χ1v) is 10.3. The van der Waals surface area contributed by atoms with Crippen LogP contribution >= 0.6 is 11.3 Å². The molecule has 5 N–H and O–H groups in total. The Balaban J connectivity index is 1.92. The van der Waals surface area contributed by atoms with Crippen LogP contribution in [-0.2, 0) is 12.8 Å². The molecule has 3 rings (SSSR count). The van der Waals surface area contributed by atoms with E-state index >= 15 is 0 Å². The number of thiophene rings is 1. The Labute approximate surface area is 178 Å². The van der Waals surface area contributed by atoms with Crippen LogP contribution in [0, 0.1) is 12.7 Å². The van der Waals surface area contributed by atoms with E-state index in [4.69, 9.17) is 10.8 Å². The number of halogens is 1. The van der Waals surface area contributed by atoms with E-state index in [2.05, 4.69) is 10.3 Å². The van der Waals surface area contributed by atoms with E-state index in [9.17, 15) is 14.3 Å². The van der Waals surface area contributed by atoms with Crippen molar-refractivity contribution in [2.24, 2.45) is 5.73 Å². The van der Waals surface area contributed by atoms with Gasteiger partial charge in [0.1, 0.15) is 16.6 Å². The molecule has 1 amide bonds. The summed E-state index contributed by atoms with van der Waals surface area (Å²) >= 11 is 1.21. The third kappa shape index (κ3) is 5.02. The minimum atomic E-state index is -0.625. The van der Waals surface area contributed by atoms with Crippen LogP contribution in [0.15, 0.2) is 36.4 Å². The second kappa shape index (κ2) is 9.34. The second-order valence-electron chi connectivity index (χ2n) is 7.12. The number of amides is 1. The Morgan fingerprint density at radius 3 is 2.67 bits per heavy atom. The maximum Gasteiger partial charge on any atom is 0.251 e. The molecule has 0 radical (unpaired) electrons. The van der Waals surface area contributed by atoms with E-state index in [0.717, 1.165) is 11.3 Å². The Kier molecular flexibility index (Phi) is 6.81. The highest BCUT2D eigenvalue weighted by atomic mass is 32.1. The number of aliphatic hydroxyl groups is 2. The molecule has 0 aliphatic carbocycles. The van der Waals surface area contributed by atoms with Crippen molar-refractivity contribution in [2.45, 2.75) is 32.8 Å². The van der Waals surface area contributed by atoms with E-state index in [1.54, 1.807) is 31.2 Å². The third-order valence-corrected chi connectivity index (χ3v) is 5.73. The van der Waals surface area contributed by atoms with E-state index in [1.165, 1.54) is 17.4 Å². The first-order chi connectivity index (χ1) is 14.3. The van der Waals surface area contributed by atoms with Gasteiger partial charge in [0, 0.05) is 22.7 Å². The van der Waals surface area contributed by atoms with Crippen LogP contribution in [0.5, 0.6) is 0 Å². The lowest BCUT2D eigenvalue weighted by atomic mass is 10.0. The predicted molar refractivity (Wildman–Crippen MR) is 117 cm³/mol. The highest BCUT2D eigenvalue weighted by Crippen LogP contribution is 2.38. The highest BCUT2D eigenvalue weighted by molar-refractivity contribution is 7.19. The van der Waals surface area contributed by atoms with Crippen molar-refractivity contribution in [3.8, 4) is 10.4 Å². The molecule has 2 heterocycles. The normalized spacial score (nSPS) is 12.0. The summed E-state index contributed by atoms with van der Waals surface area (Å²) in [5.74, 6) is -0.531. The SMILES string of the molecule is Cc1nc(Nc2sc(-c3ccc(CC(C)O)cc3F)cc2C(N)=O)ccc1CCO. The monoisotopic (exact) mass is 429 g/mol. The number of nitrogens with one attached hydrogen (secondary N) is 1. The van der Waals surface area contributed by atoms with Gasteiger partial charge in [-0.1, -0.05) is 18.2 Å². The van der Waals surface area contributed by atoms with Crippen molar-refractivity contribution in [2.75, 3.05) is 11.9 Å². The van der Waals surface area contributed by atoms with Gasteiger partial charge in [-0.05, 0) is 56.0 Å². The molecule has 2 aromatic heterocycles. The molecule has 1 unspecified atom stereocenters. The van der Waals surface area contributed by atoms with Crippen molar-refractivity contribution in [1.82, 2.24) is 4.98 Å². The summed E-state index contributed by atoms with van der Waals surface area (Å²) in [5, 5.41) is 22.2. The number of aliphatic hydroxyl groups excluding tert-OH is 2. The molecular weight excluding hydrogens is 405 g/mol. The maximum absolute atomic E-state index is 14.7. The number of hydrogen-bond donors (Lipinski definition) is 4. The lowest BCUT2D eigenvalue weighted by Crippen LogP contribution is -2.11. The highest BCUT2D eigenvalue weighted by Gasteiger charge is 2.18. The number of nitrogens with zero attached hydrogens (tertiary/aromatic N) is 1. The van der Waals surface area contributed by atoms with Crippen molar-refractivity contribution < 1.29 is 19.4 Å². The minimum absolute atomic E-state index is 0.0387. The van der Waals surface area contributed by atoms with Gasteiger partial charge in [-0.3, -0.25) is 4.79 Å². The van der Waals surface area contributed by atoms with Crippen molar-refractivity contribution in [3.63, 3.8) is 0 Å². The third-order valence-electron chi connectivity index (χ3n) is 4.65. The molecule has 3 aromatic rings. The van der Waals surface area contributed by atoms with Gasteiger partial charge in [-0.25, -0.2) is 9.37 Å². The molecule has 0 spiro atoms. The summed E-state index contributed by atoms with van der Waals surface area (Å²) in [6, 6.07) is 9.97. The van der Waals surface area contributed by atoms with Gasteiger partial charge in [0.15, 0.2) is 0 Å². The standard InChI is InChI=1S/C22H24FN3O3S/c1-12(28)9-14-3-5-16(18(23)10-14)19-11-17(21(24)29)22(30-19)26-20-6-4-15(7-8-27)13(2)25-20/h3-6,10-12,27-28H,7-9H2,1-2H3,(H2,24,29)(H,25,26). The van der Waals surface area contributed by atoms with Crippen LogP contribution in [0.25, 0.3) is 10.4 Å². The number of aryl methyl sites for hydroxylation is 1. The minimum Gasteiger partial charge on any atom is -0.396 e. The zero-order valence-corrected chi connectivity index (χ0v) is 17.6. The topological polar surface area (TPSA) is 108 Å². The first kappa shape index (κ1) is 21.9. The summed E-state index contributed by atoms with van der Waals surface area (Å²) in [7, 11) is 0. The predicted octanol–water partition coefficient (Wildman–Crippen LogP) is 3.56.